The van der Waals surface area contributed by atoms with E-state index in [1.807, 2.05) is 0 Å². The van der Waals surface area contributed by atoms with E-state index in [-0.39, 0.29) is 31.1 Å². The summed E-state index contributed by atoms with van der Waals surface area (Å²) in [6, 6.07) is 0. The SMILES string of the molecule is CCCCC/C=C\CCCCCCCC(=O)OCC(COC(=O)CCCCCCCCCCCCCCCCCCC/C=C\CCCCCCCCCC)OC(=O)CCCCCCC/C=C\CCCCCCC. The number of allylic oxidation sites excluding steroid dienone is 6. The minimum absolute atomic E-state index is 0.0745. The van der Waals surface area contributed by atoms with E-state index in [0.717, 1.165) is 70.6 Å². The van der Waals surface area contributed by atoms with Crippen molar-refractivity contribution in [3.8, 4) is 0 Å². The summed E-state index contributed by atoms with van der Waals surface area (Å²) in [7, 11) is 0. The molecule has 0 aliphatic carbocycles. The molecule has 0 aromatic heterocycles. The van der Waals surface area contributed by atoms with Crippen molar-refractivity contribution in [2.45, 2.75) is 361 Å². The Hall–Kier alpha value is -2.37. The van der Waals surface area contributed by atoms with Crippen molar-refractivity contribution in [2.24, 2.45) is 0 Å². The second-order valence-electron chi connectivity index (χ2n) is 22.0. The topological polar surface area (TPSA) is 78.9 Å². The number of rotatable bonds is 60. The van der Waals surface area contributed by atoms with E-state index in [1.165, 1.54) is 244 Å². The smallest absolute Gasteiger partial charge is 0.306 e. The lowest BCUT2D eigenvalue weighted by molar-refractivity contribution is -0.167. The Morgan fingerprint density at radius 3 is 0.712 bits per heavy atom. The van der Waals surface area contributed by atoms with Crippen LogP contribution < -0.4 is 0 Å². The third-order valence-electron chi connectivity index (χ3n) is 14.6. The average molecular weight is 1030 g/mol. The van der Waals surface area contributed by atoms with Crippen molar-refractivity contribution in [2.75, 3.05) is 13.2 Å². The molecule has 0 bridgehead atoms. The lowest BCUT2D eigenvalue weighted by Gasteiger charge is -2.18. The molecule has 6 nitrogen and oxygen atoms in total. The van der Waals surface area contributed by atoms with Crippen LogP contribution >= 0.6 is 0 Å². The number of carbonyl (C=O) groups excluding carboxylic acids is 3. The van der Waals surface area contributed by atoms with Crippen LogP contribution in [0.2, 0.25) is 0 Å². The van der Waals surface area contributed by atoms with Gasteiger partial charge in [0.25, 0.3) is 0 Å². The Balaban J connectivity index is 4.13. The quantitative estimate of drug-likeness (QED) is 0.0261. The first-order valence-corrected chi connectivity index (χ1v) is 32.5. The van der Waals surface area contributed by atoms with Crippen molar-refractivity contribution >= 4 is 17.9 Å². The van der Waals surface area contributed by atoms with Crippen LogP contribution in [0.25, 0.3) is 0 Å². The molecule has 0 N–H and O–H groups in total. The van der Waals surface area contributed by atoms with Gasteiger partial charge in [-0.1, -0.05) is 276 Å². The monoisotopic (exact) mass is 1020 g/mol. The van der Waals surface area contributed by atoms with Crippen molar-refractivity contribution < 1.29 is 28.6 Å². The van der Waals surface area contributed by atoms with Crippen molar-refractivity contribution in [3.05, 3.63) is 36.5 Å². The maximum atomic E-state index is 12.9. The van der Waals surface area contributed by atoms with Gasteiger partial charge in [0.05, 0.1) is 0 Å². The first-order chi connectivity index (χ1) is 36.0. The van der Waals surface area contributed by atoms with Gasteiger partial charge in [0, 0.05) is 19.3 Å². The van der Waals surface area contributed by atoms with Crippen molar-refractivity contribution in [1.82, 2.24) is 0 Å². The standard InChI is InChI=1S/C67H124O6/c1-4-7-10-13-16-19-22-25-27-28-29-30-31-32-33-34-35-36-37-38-39-40-41-43-45-48-51-54-57-60-66(69)72-63-64(62-71-65(68)59-56-53-50-47-44-24-21-18-15-12-9-6-3)73-67(70)61-58-55-52-49-46-42-26-23-20-17-14-11-8-5-2/h18,21,23,26,28-29,64H,4-17,19-20,22,24-25,27,30-63H2,1-3H3/b21-18-,26-23-,29-28-. The van der Waals surface area contributed by atoms with Crippen molar-refractivity contribution in [3.63, 3.8) is 0 Å². The summed E-state index contributed by atoms with van der Waals surface area (Å²) in [4.78, 5) is 38.2. The third kappa shape index (κ3) is 60.4. The molecule has 0 heterocycles. The molecule has 0 amide bonds. The molecule has 0 aromatic rings. The van der Waals surface area contributed by atoms with Gasteiger partial charge in [-0.15, -0.1) is 0 Å². The summed E-state index contributed by atoms with van der Waals surface area (Å²) in [5, 5.41) is 0. The van der Waals surface area contributed by atoms with Gasteiger partial charge in [0.1, 0.15) is 13.2 Å². The molecule has 0 fully saturated rings. The zero-order valence-electron chi connectivity index (χ0n) is 49.2. The minimum atomic E-state index is -0.777. The summed E-state index contributed by atoms with van der Waals surface area (Å²) >= 11 is 0. The van der Waals surface area contributed by atoms with Gasteiger partial charge in [-0.25, -0.2) is 0 Å². The van der Waals surface area contributed by atoms with Gasteiger partial charge in [-0.05, 0) is 96.3 Å². The van der Waals surface area contributed by atoms with E-state index in [1.54, 1.807) is 0 Å². The van der Waals surface area contributed by atoms with Gasteiger partial charge in [-0.3, -0.25) is 14.4 Å². The highest BCUT2D eigenvalue weighted by atomic mass is 16.6. The van der Waals surface area contributed by atoms with Crippen molar-refractivity contribution in [1.29, 1.82) is 0 Å². The predicted octanol–water partition coefficient (Wildman–Crippen LogP) is 22.0. The van der Waals surface area contributed by atoms with Crippen LogP contribution in [0.1, 0.15) is 355 Å². The molecule has 0 aromatic carbocycles. The maximum absolute atomic E-state index is 12.9. The molecule has 0 radical (unpaired) electrons. The van der Waals surface area contributed by atoms with E-state index in [2.05, 4.69) is 57.2 Å². The van der Waals surface area contributed by atoms with Crippen LogP contribution in [0.3, 0.4) is 0 Å². The zero-order valence-corrected chi connectivity index (χ0v) is 49.2. The number of ether oxygens (including phenoxy) is 3. The summed E-state index contributed by atoms with van der Waals surface area (Å²) < 4.78 is 16.9. The fraction of sp³-hybridized carbons (Fsp3) is 0.866. The van der Waals surface area contributed by atoms with Crippen LogP contribution in [0.15, 0.2) is 36.5 Å². The fourth-order valence-corrected chi connectivity index (χ4v) is 9.67. The Bertz CT molecular complexity index is 1220. The largest absolute Gasteiger partial charge is 0.462 e. The highest BCUT2D eigenvalue weighted by Crippen LogP contribution is 2.17. The van der Waals surface area contributed by atoms with E-state index in [0.29, 0.717) is 19.3 Å². The van der Waals surface area contributed by atoms with Crippen LogP contribution in [-0.4, -0.2) is 37.2 Å². The second kappa shape index (κ2) is 62.2. The van der Waals surface area contributed by atoms with Crippen LogP contribution in [0.4, 0.5) is 0 Å². The summed E-state index contributed by atoms with van der Waals surface area (Å²) in [5.41, 5.74) is 0. The normalized spacial score (nSPS) is 12.2. The number of hydrogen-bond acceptors (Lipinski definition) is 6. The Kier molecular flexibility index (Phi) is 60.2. The molecule has 0 saturated carbocycles. The van der Waals surface area contributed by atoms with Gasteiger partial charge >= 0.3 is 17.9 Å². The molecule has 1 unspecified atom stereocenters. The molecule has 0 aliphatic heterocycles. The van der Waals surface area contributed by atoms with E-state index >= 15 is 0 Å². The Labute approximate surface area is 455 Å². The molecule has 0 aliphatic rings. The van der Waals surface area contributed by atoms with Gasteiger partial charge in [-0.2, -0.15) is 0 Å². The van der Waals surface area contributed by atoms with E-state index in [9.17, 15) is 14.4 Å². The molecule has 428 valence electrons. The predicted molar refractivity (Wildman–Crippen MR) is 316 cm³/mol. The molecule has 0 rings (SSSR count). The summed E-state index contributed by atoms with van der Waals surface area (Å²) in [6.45, 7) is 6.64. The molecule has 6 heteroatoms. The first kappa shape index (κ1) is 70.6. The lowest BCUT2D eigenvalue weighted by atomic mass is 10.0. The molecule has 1 atom stereocenters. The minimum Gasteiger partial charge on any atom is -0.462 e. The molecule has 0 saturated heterocycles. The number of carbonyl (C=O) groups is 3. The number of unbranched alkanes of at least 4 members (excludes halogenated alkanes) is 43. The summed E-state index contributed by atoms with van der Waals surface area (Å²) in [5.74, 6) is -0.873. The first-order valence-electron chi connectivity index (χ1n) is 32.5. The molecule has 0 spiro atoms. The van der Waals surface area contributed by atoms with Crippen LogP contribution in [0.5, 0.6) is 0 Å². The Morgan fingerprint density at radius 2 is 0.452 bits per heavy atom. The highest BCUT2D eigenvalue weighted by Gasteiger charge is 2.19. The van der Waals surface area contributed by atoms with E-state index < -0.39 is 6.10 Å². The Morgan fingerprint density at radius 1 is 0.260 bits per heavy atom. The fourth-order valence-electron chi connectivity index (χ4n) is 9.67. The van der Waals surface area contributed by atoms with Crippen LogP contribution in [-0.2, 0) is 28.6 Å². The third-order valence-corrected chi connectivity index (χ3v) is 14.6. The van der Waals surface area contributed by atoms with Gasteiger partial charge in [0.2, 0.25) is 0 Å². The molecular formula is C67H124O6. The number of esters is 3. The van der Waals surface area contributed by atoms with E-state index in [4.69, 9.17) is 14.2 Å². The average Bonchev–Trinajstić information content (AvgIpc) is 3.39. The molecular weight excluding hydrogens is 901 g/mol. The van der Waals surface area contributed by atoms with Gasteiger partial charge < -0.3 is 14.2 Å². The second-order valence-corrected chi connectivity index (χ2v) is 22.0. The molecule has 73 heavy (non-hydrogen) atoms. The summed E-state index contributed by atoms with van der Waals surface area (Å²) in [6.07, 6.45) is 76.0. The highest BCUT2D eigenvalue weighted by molar-refractivity contribution is 5.71. The lowest BCUT2D eigenvalue weighted by Crippen LogP contribution is -2.30. The van der Waals surface area contributed by atoms with Gasteiger partial charge in [0.15, 0.2) is 6.10 Å². The maximum Gasteiger partial charge on any atom is 0.306 e. The van der Waals surface area contributed by atoms with Crippen LogP contribution in [0, 0.1) is 0 Å². The zero-order chi connectivity index (χ0) is 52.9. The number of hydrogen-bond donors (Lipinski definition) is 0.